The average Bonchev–Trinajstić information content (AvgIpc) is 2.72. The fourth-order valence-corrected chi connectivity index (χ4v) is 4.46. The van der Waals surface area contributed by atoms with E-state index in [1.54, 1.807) is 12.1 Å². The average molecular weight is 420 g/mol. The summed E-state index contributed by atoms with van der Waals surface area (Å²) < 4.78 is 19.2. The van der Waals surface area contributed by atoms with Crippen LogP contribution in [0.3, 0.4) is 0 Å². The highest BCUT2D eigenvalue weighted by Crippen LogP contribution is 2.24. The van der Waals surface area contributed by atoms with Gasteiger partial charge in [-0.25, -0.2) is 4.39 Å². The van der Waals surface area contributed by atoms with Crippen LogP contribution in [-0.4, -0.2) is 41.5 Å². The topological polar surface area (TPSA) is 32.7 Å². The van der Waals surface area contributed by atoms with E-state index in [1.165, 1.54) is 11.1 Å². The molecule has 2 rings (SSSR count). The third-order valence-corrected chi connectivity index (χ3v) is 6.36. The molecule has 1 aliphatic rings. The van der Waals surface area contributed by atoms with E-state index in [0.29, 0.717) is 18.4 Å². The van der Waals surface area contributed by atoms with Gasteiger partial charge in [0.05, 0.1) is 6.10 Å². The van der Waals surface area contributed by atoms with Gasteiger partial charge in [0.1, 0.15) is 5.82 Å². The van der Waals surface area contributed by atoms with Gasteiger partial charge >= 0.3 is 0 Å². The maximum Gasteiger partial charge on any atom is 0.155 e. The summed E-state index contributed by atoms with van der Waals surface area (Å²) in [4.78, 5) is 2.55. The van der Waals surface area contributed by atoms with Gasteiger partial charge in [-0.2, -0.15) is 0 Å². The lowest BCUT2D eigenvalue weighted by atomic mass is 9.93. The van der Waals surface area contributed by atoms with Gasteiger partial charge in [0.15, 0.2) is 6.29 Å². The van der Waals surface area contributed by atoms with Gasteiger partial charge in [-0.05, 0) is 89.0 Å². The van der Waals surface area contributed by atoms with E-state index >= 15 is 0 Å². The molecule has 0 bridgehead atoms. The van der Waals surface area contributed by atoms with Crippen molar-refractivity contribution in [2.75, 3.05) is 13.1 Å². The molecule has 0 amide bonds. The van der Waals surface area contributed by atoms with Crippen LogP contribution in [0, 0.1) is 5.82 Å². The monoisotopic (exact) mass is 419 g/mol. The number of nitrogens with zero attached hydrogens (tertiary/aromatic N) is 1. The molecule has 170 valence electrons. The normalized spacial score (nSPS) is 24.8. The first-order valence-corrected chi connectivity index (χ1v) is 11.9. The van der Waals surface area contributed by atoms with E-state index in [9.17, 15) is 9.50 Å². The summed E-state index contributed by atoms with van der Waals surface area (Å²) in [6.07, 6.45) is 9.70. The zero-order valence-electron chi connectivity index (χ0n) is 19.4. The van der Waals surface area contributed by atoms with Crippen molar-refractivity contribution >= 4 is 0 Å². The van der Waals surface area contributed by atoms with Crippen molar-refractivity contribution in [3.8, 4) is 0 Å². The van der Waals surface area contributed by atoms with Crippen molar-refractivity contribution in [2.45, 2.75) is 103 Å². The molecule has 0 spiro atoms. The molecule has 1 aliphatic heterocycles. The Balaban J connectivity index is 1.90. The van der Waals surface area contributed by atoms with Crippen molar-refractivity contribution in [1.82, 2.24) is 4.90 Å². The lowest BCUT2D eigenvalue weighted by Crippen LogP contribution is -2.37. The summed E-state index contributed by atoms with van der Waals surface area (Å²) in [5, 5.41) is 10.3. The maximum absolute atomic E-state index is 13.2. The molecular formula is C26H42FNO2. The first-order chi connectivity index (χ1) is 14.4. The van der Waals surface area contributed by atoms with Crippen LogP contribution in [0.1, 0.15) is 90.5 Å². The van der Waals surface area contributed by atoms with Crippen LogP contribution in [0.25, 0.3) is 0 Å². The minimum absolute atomic E-state index is 0.118. The molecule has 0 aliphatic carbocycles. The van der Waals surface area contributed by atoms with Crippen LogP contribution < -0.4 is 0 Å². The van der Waals surface area contributed by atoms with E-state index in [1.807, 2.05) is 12.1 Å². The molecule has 0 fully saturated rings. The Hall–Kier alpha value is -1.23. The van der Waals surface area contributed by atoms with E-state index in [2.05, 4.69) is 38.7 Å². The summed E-state index contributed by atoms with van der Waals surface area (Å²) in [7, 11) is 0. The molecule has 2 unspecified atom stereocenters. The van der Waals surface area contributed by atoms with Crippen molar-refractivity contribution < 1.29 is 14.2 Å². The second kappa shape index (κ2) is 13.2. The molecule has 4 atom stereocenters. The molecule has 4 heteroatoms. The number of halogens is 1. The summed E-state index contributed by atoms with van der Waals surface area (Å²) >= 11 is 0. The van der Waals surface area contributed by atoms with Crippen molar-refractivity contribution in [2.24, 2.45) is 0 Å². The fraction of sp³-hybridized carbons (Fsp3) is 0.692. The Bertz CT molecular complexity index is 630. The molecule has 1 N–H and O–H groups in total. The number of rotatable bonds is 9. The predicted molar refractivity (Wildman–Crippen MR) is 123 cm³/mol. The maximum atomic E-state index is 13.2. The number of allylic oxidation sites excluding steroid dienone is 2. The first kappa shape index (κ1) is 25.0. The first-order valence-electron chi connectivity index (χ1n) is 11.9. The van der Waals surface area contributed by atoms with E-state index in [0.717, 1.165) is 58.0 Å². The van der Waals surface area contributed by atoms with Crippen LogP contribution in [0.2, 0.25) is 0 Å². The molecular weight excluding hydrogens is 377 g/mol. The minimum atomic E-state index is -0.660. The van der Waals surface area contributed by atoms with Crippen molar-refractivity contribution in [1.29, 1.82) is 0 Å². The molecule has 1 aromatic carbocycles. The van der Waals surface area contributed by atoms with Crippen molar-refractivity contribution in [3.63, 3.8) is 0 Å². The highest BCUT2D eigenvalue weighted by molar-refractivity contribution is 5.20. The second-order valence-electron chi connectivity index (χ2n) is 9.09. The Morgan fingerprint density at radius 3 is 2.60 bits per heavy atom. The largest absolute Gasteiger partial charge is 0.368 e. The van der Waals surface area contributed by atoms with Gasteiger partial charge in [0, 0.05) is 19.0 Å². The third-order valence-electron chi connectivity index (χ3n) is 6.36. The van der Waals surface area contributed by atoms with Gasteiger partial charge in [-0.15, -0.1) is 0 Å². The number of benzene rings is 1. The summed E-state index contributed by atoms with van der Waals surface area (Å²) in [6.45, 7) is 10.9. The van der Waals surface area contributed by atoms with Gasteiger partial charge in [0.25, 0.3) is 0 Å². The second-order valence-corrected chi connectivity index (χ2v) is 9.09. The SMILES string of the molecule is CCCN(CC[C@H]1CCC/C=C(/C)CCC(O)O1)[C@H](C)CC(C)c1ccc(F)cc1. The van der Waals surface area contributed by atoms with Gasteiger partial charge < -0.3 is 14.7 Å². The minimum Gasteiger partial charge on any atom is -0.368 e. The van der Waals surface area contributed by atoms with Crippen LogP contribution in [0.4, 0.5) is 4.39 Å². The molecule has 0 radical (unpaired) electrons. The molecule has 0 aromatic heterocycles. The zero-order valence-corrected chi connectivity index (χ0v) is 19.4. The summed E-state index contributed by atoms with van der Waals surface area (Å²) in [5.41, 5.74) is 2.55. The van der Waals surface area contributed by atoms with Gasteiger partial charge in [-0.1, -0.05) is 37.6 Å². The standard InChI is InChI=1S/C26H42FNO2/c1-5-17-28(22(4)19-21(3)23-11-13-24(27)14-12-23)18-16-25-9-7-6-8-20(2)10-15-26(29)30-25/h8,11-14,21-22,25-26,29H,5-7,9-10,15-19H2,1-4H3/b20-8-/t21?,22-,25-,26?/m1/s1. The van der Waals surface area contributed by atoms with E-state index in [4.69, 9.17) is 4.74 Å². The number of aliphatic hydroxyl groups is 1. The number of aliphatic hydroxyl groups excluding tert-OH is 1. The van der Waals surface area contributed by atoms with E-state index in [-0.39, 0.29) is 11.9 Å². The molecule has 30 heavy (non-hydrogen) atoms. The van der Waals surface area contributed by atoms with E-state index < -0.39 is 6.29 Å². The number of hydrogen-bond donors (Lipinski definition) is 1. The quantitative estimate of drug-likeness (QED) is 0.469. The lowest BCUT2D eigenvalue weighted by Gasteiger charge is -2.32. The number of hydrogen-bond acceptors (Lipinski definition) is 3. The smallest absolute Gasteiger partial charge is 0.155 e. The Morgan fingerprint density at radius 2 is 1.90 bits per heavy atom. The third kappa shape index (κ3) is 8.87. The van der Waals surface area contributed by atoms with Crippen molar-refractivity contribution in [3.05, 3.63) is 47.3 Å². The van der Waals surface area contributed by atoms with Crippen LogP contribution in [-0.2, 0) is 4.74 Å². The van der Waals surface area contributed by atoms with Crippen LogP contribution in [0.15, 0.2) is 35.9 Å². The number of ether oxygens (including phenoxy) is 1. The molecule has 3 nitrogen and oxygen atoms in total. The van der Waals surface area contributed by atoms with Gasteiger partial charge in [-0.3, -0.25) is 0 Å². The molecule has 0 saturated heterocycles. The molecule has 1 aromatic rings. The van der Waals surface area contributed by atoms with Crippen LogP contribution >= 0.6 is 0 Å². The van der Waals surface area contributed by atoms with Crippen LogP contribution in [0.5, 0.6) is 0 Å². The highest BCUT2D eigenvalue weighted by Gasteiger charge is 2.21. The zero-order chi connectivity index (χ0) is 21.9. The predicted octanol–water partition coefficient (Wildman–Crippen LogP) is 6.42. The lowest BCUT2D eigenvalue weighted by molar-refractivity contribution is -0.144. The Morgan fingerprint density at radius 1 is 1.17 bits per heavy atom. The summed E-state index contributed by atoms with van der Waals surface area (Å²) in [6, 6.07) is 7.36. The fourth-order valence-electron chi connectivity index (χ4n) is 4.46. The summed E-state index contributed by atoms with van der Waals surface area (Å²) in [5.74, 6) is 0.215. The molecule has 0 saturated carbocycles. The highest BCUT2D eigenvalue weighted by atomic mass is 19.1. The Kier molecular flexibility index (Phi) is 11.0. The molecule has 1 heterocycles. The Labute approximate surface area is 183 Å². The van der Waals surface area contributed by atoms with Gasteiger partial charge in [0.2, 0.25) is 0 Å².